The predicted molar refractivity (Wildman–Crippen MR) is 218 cm³/mol. The molecule has 0 aliphatic carbocycles. The summed E-state index contributed by atoms with van der Waals surface area (Å²) in [6.45, 7) is 13.6. The number of fused-ring (bicyclic) bond motifs is 6. The van der Waals surface area contributed by atoms with Crippen LogP contribution in [0.1, 0.15) is 26.5 Å². The van der Waals surface area contributed by atoms with E-state index < -0.39 is 8.07 Å². The first-order chi connectivity index (χ1) is 25.1. The van der Waals surface area contributed by atoms with Crippen molar-refractivity contribution >= 4 is 57.0 Å². The maximum absolute atomic E-state index is 6.64. The number of rotatable bonds is 4. The minimum absolute atomic E-state index is 0. The number of para-hydroxylation sites is 1. The summed E-state index contributed by atoms with van der Waals surface area (Å²) in [6.07, 6.45) is 3.87. The summed E-state index contributed by atoms with van der Waals surface area (Å²) in [5.41, 5.74) is 8.38. The molecule has 0 N–H and O–H groups in total. The van der Waals surface area contributed by atoms with Gasteiger partial charge in [-0.25, -0.2) is 0 Å². The summed E-state index contributed by atoms with van der Waals surface area (Å²) >= 11 is 0. The van der Waals surface area contributed by atoms with Crippen LogP contribution in [0.4, 0.5) is 0 Å². The summed E-state index contributed by atoms with van der Waals surface area (Å²) in [6, 6.07) is 47.9. The van der Waals surface area contributed by atoms with Crippen molar-refractivity contribution in [1.29, 1.82) is 0 Å². The molecule has 0 spiro atoms. The van der Waals surface area contributed by atoms with Crippen molar-refractivity contribution in [3.05, 3.63) is 152 Å². The molecule has 0 bridgehead atoms. The topological polar surface area (TPSA) is 56.7 Å². The van der Waals surface area contributed by atoms with Crippen molar-refractivity contribution in [2.45, 2.75) is 45.8 Å². The van der Waals surface area contributed by atoms with Gasteiger partial charge >= 0.3 is 0 Å². The first-order valence-corrected chi connectivity index (χ1v) is 21.2. The van der Waals surface area contributed by atoms with Crippen molar-refractivity contribution in [2.24, 2.45) is 0 Å². The average molecular weight is 885 g/mol. The van der Waals surface area contributed by atoms with E-state index in [1.54, 1.807) is 0 Å². The van der Waals surface area contributed by atoms with Gasteiger partial charge in [-0.1, -0.05) is 118 Å². The van der Waals surface area contributed by atoms with Gasteiger partial charge in [0.05, 0.1) is 36.2 Å². The molecular formula is C46H40IrN4OSi-2. The maximum Gasteiger partial charge on any atom is 0.128 e. The summed E-state index contributed by atoms with van der Waals surface area (Å²) < 4.78 is 8.84. The average Bonchev–Trinajstić information content (AvgIpc) is 3.74. The Balaban J connectivity index is 0.000000216. The number of benzene rings is 5. The SMILES string of the molecule is CC(C)(C)c1nccc2nc(-c3[c-]ccc4c3oc3c5ccccc5ccc43)n(-c3ccccc3)c12.C[Si](C)(C)c1ccc(-c2[c-]cccc2)nc1.[Ir]. The van der Waals surface area contributed by atoms with Gasteiger partial charge in [0.2, 0.25) is 0 Å². The molecule has 0 aliphatic heterocycles. The molecule has 4 aromatic heterocycles. The summed E-state index contributed by atoms with van der Waals surface area (Å²) in [5, 5.41) is 5.82. The van der Waals surface area contributed by atoms with Crippen molar-refractivity contribution in [2.75, 3.05) is 0 Å². The molecule has 53 heavy (non-hydrogen) atoms. The number of hydrogen-bond acceptors (Lipinski definition) is 4. The Morgan fingerprint density at radius 1 is 0.679 bits per heavy atom. The Labute approximate surface area is 325 Å². The van der Waals surface area contributed by atoms with E-state index in [4.69, 9.17) is 14.4 Å². The Morgan fingerprint density at radius 3 is 2.15 bits per heavy atom. The molecule has 0 fully saturated rings. The molecule has 0 amide bonds. The zero-order valence-corrected chi connectivity index (χ0v) is 34.1. The van der Waals surface area contributed by atoms with Crippen LogP contribution in [-0.2, 0) is 25.5 Å². The van der Waals surface area contributed by atoms with Crippen LogP contribution >= 0.6 is 0 Å². The number of pyridine rings is 2. The van der Waals surface area contributed by atoms with E-state index in [0.717, 1.165) is 77.8 Å². The molecule has 0 atom stereocenters. The first kappa shape index (κ1) is 36.2. The molecule has 265 valence electrons. The van der Waals surface area contributed by atoms with E-state index >= 15 is 0 Å². The molecule has 0 aliphatic rings. The third-order valence-electron chi connectivity index (χ3n) is 9.45. The van der Waals surface area contributed by atoms with Gasteiger partial charge in [0, 0.05) is 54.4 Å². The van der Waals surface area contributed by atoms with Crippen LogP contribution in [0.15, 0.2) is 138 Å². The van der Waals surface area contributed by atoms with E-state index in [1.807, 2.05) is 54.9 Å². The minimum Gasteiger partial charge on any atom is -0.500 e. The molecule has 9 aromatic rings. The van der Waals surface area contributed by atoms with Gasteiger partial charge in [0.1, 0.15) is 5.58 Å². The Bertz CT molecular complexity index is 2690. The van der Waals surface area contributed by atoms with Gasteiger partial charge in [0.15, 0.2) is 0 Å². The standard InChI is InChI=1S/C32H24N3O.C14H16NSi.Ir/c1-32(2,3)30-27-26(18-19-33-30)34-31(35(27)21-11-5-4-6-12-21)25-15-9-14-23-24-17-16-20-10-7-8-13-22(20)28(24)36-29(23)25;1-16(2,3)13-9-10-14(15-11-13)12-7-5-4-6-8-12;/h4-14,16-19H,1-3H3;4-7,9-11H,1-3H3;/q2*-1;. The fourth-order valence-electron chi connectivity index (χ4n) is 6.75. The molecule has 4 heterocycles. The maximum atomic E-state index is 6.64. The van der Waals surface area contributed by atoms with Crippen LogP contribution < -0.4 is 5.19 Å². The fraction of sp³-hybridized carbons (Fsp3) is 0.152. The number of furan rings is 1. The molecule has 0 saturated carbocycles. The molecule has 1 radical (unpaired) electrons. The summed E-state index contributed by atoms with van der Waals surface area (Å²) in [5.74, 6) is 0.795. The molecular weight excluding hydrogens is 845 g/mol. The number of nitrogens with zero attached hydrogens (tertiary/aromatic N) is 4. The van der Waals surface area contributed by atoms with Crippen molar-refractivity contribution in [3.63, 3.8) is 0 Å². The van der Waals surface area contributed by atoms with E-state index in [1.165, 1.54) is 5.19 Å². The minimum atomic E-state index is -1.23. The van der Waals surface area contributed by atoms with Gasteiger partial charge in [-0.15, -0.1) is 54.1 Å². The normalized spacial score (nSPS) is 11.8. The third kappa shape index (κ3) is 6.88. The van der Waals surface area contributed by atoms with Crippen molar-refractivity contribution < 1.29 is 24.5 Å². The van der Waals surface area contributed by atoms with Crippen molar-refractivity contribution in [3.8, 4) is 28.3 Å². The Hall–Kier alpha value is -5.20. The second-order valence-electron chi connectivity index (χ2n) is 15.2. The largest absolute Gasteiger partial charge is 0.500 e. The Morgan fingerprint density at radius 2 is 1.43 bits per heavy atom. The van der Waals surface area contributed by atoms with E-state index in [-0.39, 0.29) is 25.5 Å². The van der Waals surface area contributed by atoms with E-state index in [0.29, 0.717) is 0 Å². The molecule has 9 rings (SSSR count). The van der Waals surface area contributed by atoms with Gasteiger partial charge in [-0.3, -0.25) is 9.97 Å². The van der Waals surface area contributed by atoms with Crippen molar-refractivity contribution in [1.82, 2.24) is 19.5 Å². The second kappa shape index (κ2) is 14.3. The van der Waals surface area contributed by atoms with E-state index in [9.17, 15) is 0 Å². The zero-order valence-electron chi connectivity index (χ0n) is 30.7. The van der Waals surface area contributed by atoms with Crippen LogP contribution in [0.3, 0.4) is 0 Å². The number of hydrogen-bond donors (Lipinski definition) is 0. The molecule has 5 nitrogen and oxygen atoms in total. The quantitative estimate of drug-likeness (QED) is 0.131. The molecule has 7 heteroatoms. The third-order valence-corrected chi connectivity index (χ3v) is 11.5. The van der Waals surface area contributed by atoms with Crippen LogP contribution in [0, 0.1) is 12.1 Å². The summed E-state index contributed by atoms with van der Waals surface area (Å²) in [4.78, 5) is 14.5. The van der Waals surface area contributed by atoms with Crippen LogP contribution in [-0.4, -0.2) is 27.6 Å². The van der Waals surface area contributed by atoms with Gasteiger partial charge in [0.25, 0.3) is 0 Å². The monoisotopic (exact) mass is 885 g/mol. The van der Waals surface area contributed by atoms with Gasteiger partial charge in [-0.2, -0.15) is 0 Å². The van der Waals surface area contributed by atoms with E-state index in [2.05, 4.69) is 141 Å². The first-order valence-electron chi connectivity index (χ1n) is 17.7. The summed E-state index contributed by atoms with van der Waals surface area (Å²) in [7, 11) is -1.23. The van der Waals surface area contributed by atoms with Crippen LogP contribution in [0.25, 0.3) is 72.1 Å². The number of aromatic nitrogens is 4. The van der Waals surface area contributed by atoms with Crippen LogP contribution in [0.5, 0.6) is 0 Å². The van der Waals surface area contributed by atoms with Gasteiger partial charge in [-0.05, 0) is 34.5 Å². The van der Waals surface area contributed by atoms with Crippen LogP contribution in [0.2, 0.25) is 19.6 Å². The zero-order chi connectivity index (χ0) is 36.0. The van der Waals surface area contributed by atoms with Gasteiger partial charge < -0.3 is 14.0 Å². The smallest absolute Gasteiger partial charge is 0.128 e. The number of imidazole rings is 1. The molecule has 5 aromatic carbocycles. The predicted octanol–water partition coefficient (Wildman–Crippen LogP) is 11.3. The fourth-order valence-corrected chi connectivity index (χ4v) is 7.79. The second-order valence-corrected chi connectivity index (χ2v) is 20.3. The molecule has 0 unspecified atom stereocenters. The molecule has 0 saturated heterocycles. The Kier molecular flexibility index (Phi) is 9.77.